The van der Waals surface area contributed by atoms with E-state index in [1.54, 1.807) is 0 Å². The first kappa shape index (κ1) is 20.2. The lowest BCUT2D eigenvalue weighted by atomic mass is 10.0. The van der Waals surface area contributed by atoms with Crippen molar-refractivity contribution >= 4 is 64.5 Å². The summed E-state index contributed by atoms with van der Waals surface area (Å²) in [6.45, 7) is 0. The molecule has 0 aliphatic rings. The lowest BCUT2D eigenvalue weighted by Gasteiger charge is -2.25. The van der Waals surface area contributed by atoms with E-state index < -0.39 is 0 Å². The summed E-state index contributed by atoms with van der Waals surface area (Å²) in [4.78, 5) is 2.32. The lowest BCUT2D eigenvalue weighted by Crippen LogP contribution is -2.09. The molecule has 158 valence electrons. The van der Waals surface area contributed by atoms with Crippen molar-refractivity contribution in [2.75, 3.05) is 4.90 Å². The highest BCUT2D eigenvalue weighted by atomic mass is 79.9. The Hall–Kier alpha value is -3.40. The first-order chi connectivity index (χ1) is 16.3. The van der Waals surface area contributed by atoms with Gasteiger partial charge >= 0.3 is 0 Å². The highest BCUT2D eigenvalue weighted by molar-refractivity contribution is 9.10. The predicted octanol–water partition coefficient (Wildman–Crippen LogP) is 9.95. The zero-order valence-corrected chi connectivity index (χ0v) is 20.2. The van der Waals surface area contributed by atoms with E-state index in [4.69, 9.17) is 0 Å². The number of hydrogen-bond donors (Lipinski definition) is 0. The van der Waals surface area contributed by atoms with Crippen LogP contribution < -0.4 is 4.90 Å². The maximum Gasteiger partial charge on any atom is 0.0468 e. The van der Waals surface area contributed by atoms with Crippen LogP contribution in [0.2, 0.25) is 0 Å². The molecular weight excluding hydrogens is 486 g/mol. The van der Waals surface area contributed by atoms with Crippen molar-refractivity contribution in [3.63, 3.8) is 0 Å². The SMILES string of the molecule is Brc1ccc(-c2ccc3c(c2)sc2ccc(N(c4ccccc4)c4ccccc4)cc23)cc1. The van der Waals surface area contributed by atoms with Crippen LogP contribution in [-0.2, 0) is 0 Å². The van der Waals surface area contributed by atoms with Crippen molar-refractivity contribution in [3.05, 3.63) is 126 Å². The molecule has 0 amide bonds. The molecule has 0 atom stereocenters. The summed E-state index contributed by atoms with van der Waals surface area (Å²) in [6, 6.07) is 43.3. The Bertz CT molecular complexity index is 1510. The molecule has 0 bridgehead atoms. The van der Waals surface area contributed by atoms with Crippen LogP contribution in [0.25, 0.3) is 31.3 Å². The molecule has 3 heteroatoms. The van der Waals surface area contributed by atoms with Gasteiger partial charge < -0.3 is 4.90 Å². The summed E-state index contributed by atoms with van der Waals surface area (Å²) in [5.41, 5.74) is 5.95. The highest BCUT2D eigenvalue weighted by Gasteiger charge is 2.14. The van der Waals surface area contributed by atoms with Gasteiger partial charge in [0.05, 0.1) is 0 Å². The molecule has 0 fully saturated rings. The first-order valence-corrected chi connectivity index (χ1v) is 12.5. The zero-order chi connectivity index (χ0) is 22.2. The second-order valence-corrected chi connectivity index (χ2v) is 10.0. The molecule has 1 heterocycles. The van der Waals surface area contributed by atoms with Crippen molar-refractivity contribution in [2.45, 2.75) is 0 Å². The van der Waals surface area contributed by atoms with Crippen LogP contribution in [0.5, 0.6) is 0 Å². The Morgan fingerprint density at radius 3 is 1.79 bits per heavy atom. The third-order valence-electron chi connectivity index (χ3n) is 5.92. The Morgan fingerprint density at radius 2 is 1.12 bits per heavy atom. The number of fused-ring (bicyclic) bond motifs is 3. The third-order valence-corrected chi connectivity index (χ3v) is 7.58. The standard InChI is InChI=1S/C30H20BrNS/c31-23-14-11-21(12-15-23)22-13-17-27-28-20-26(16-18-29(28)33-30(27)19-22)32(24-7-3-1-4-8-24)25-9-5-2-6-10-25/h1-20H. The van der Waals surface area contributed by atoms with Crippen LogP contribution in [-0.4, -0.2) is 0 Å². The number of halogens is 1. The fourth-order valence-corrected chi connectivity index (χ4v) is 5.72. The molecule has 6 aromatic rings. The van der Waals surface area contributed by atoms with E-state index in [0.717, 1.165) is 21.5 Å². The summed E-state index contributed by atoms with van der Waals surface area (Å²) >= 11 is 5.39. The van der Waals surface area contributed by atoms with Gasteiger partial charge in [0.2, 0.25) is 0 Å². The second kappa shape index (κ2) is 8.51. The highest BCUT2D eigenvalue weighted by Crippen LogP contribution is 2.41. The summed E-state index contributed by atoms with van der Waals surface area (Å²) < 4.78 is 3.72. The monoisotopic (exact) mass is 505 g/mol. The first-order valence-electron chi connectivity index (χ1n) is 10.9. The van der Waals surface area contributed by atoms with E-state index in [-0.39, 0.29) is 0 Å². The number of hydrogen-bond acceptors (Lipinski definition) is 2. The van der Waals surface area contributed by atoms with Gasteiger partial charge in [0.15, 0.2) is 0 Å². The number of nitrogens with zero attached hydrogens (tertiary/aromatic N) is 1. The summed E-state index contributed by atoms with van der Waals surface area (Å²) in [5.74, 6) is 0. The third kappa shape index (κ3) is 3.84. The molecule has 1 nitrogen and oxygen atoms in total. The van der Waals surface area contributed by atoms with Gasteiger partial charge in [-0.15, -0.1) is 11.3 Å². The largest absolute Gasteiger partial charge is 0.310 e. The minimum Gasteiger partial charge on any atom is -0.310 e. The fraction of sp³-hybridized carbons (Fsp3) is 0. The summed E-state index contributed by atoms with van der Waals surface area (Å²) in [6.07, 6.45) is 0. The van der Waals surface area contributed by atoms with Crippen LogP contribution in [0.4, 0.5) is 17.1 Å². The zero-order valence-electron chi connectivity index (χ0n) is 17.8. The molecule has 0 unspecified atom stereocenters. The van der Waals surface area contributed by atoms with Crippen molar-refractivity contribution in [3.8, 4) is 11.1 Å². The van der Waals surface area contributed by atoms with Crippen LogP contribution in [0, 0.1) is 0 Å². The number of thiophene rings is 1. The maximum absolute atomic E-state index is 3.53. The Balaban J connectivity index is 1.49. The molecule has 0 saturated heterocycles. The molecular formula is C30H20BrNS. The number of anilines is 3. The van der Waals surface area contributed by atoms with Gasteiger partial charge in [-0.3, -0.25) is 0 Å². The van der Waals surface area contributed by atoms with E-state index in [9.17, 15) is 0 Å². The number of rotatable bonds is 4. The molecule has 33 heavy (non-hydrogen) atoms. The van der Waals surface area contributed by atoms with Gasteiger partial charge in [-0.2, -0.15) is 0 Å². The Morgan fingerprint density at radius 1 is 0.485 bits per heavy atom. The topological polar surface area (TPSA) is 3.24 Å². The predicted molar refractivity (Wildman–Crippen MR) is 147 cm³/mol. The van der Waals surface area contributed by atoms with Crippen molar-refractivity contribution in [2.24, 2.45) is 0 Å². The van der Waals surface area contributed by atoms with E-state index in [0.29, 0.717) is 0 Å². The minimum absolute atomic E-state index is 1.10. The average Bonchev–Trinajstić information content (AvgIpc) is 3.23. The quantitative estimate of drug-likeness (QED) is 0.230. The van der Waals surface area contributed by atoms with Crippen LogP contribution >= 0.6 is 27.3 Å². The average molecular weight is 506 g/mol. The van der Waals surface area contributed by atoms with Crippen molar-refractivity contribution in [1.82, 2.24) is 0 Å². The number of para-hydroxylation sites is 2. The van der Waals surface area contributed by atoms with E-state index in [1.165, 1.54) is 31.3 Å². The van der Waals surface area contributed by atoms with Crippen LogP contribution in [0.3, 0.4) is 0 Å². The van der Waals surface area contributed by atoms with Gasteiger partial charge in [0.25, 0.3) is 0 Å². The minimum atomic E-state index is 1.10. The molecule has 0 saturated carbocycles. The Labute approximate surface area is 205 Å². The van der Waals surface area contributed by atoms with E-state index in [1.807, 2.05) is 11.3 Å². The molecule has 5 aromatic carbocycles. The van der Waals surface area contributed by atoms with Gasteiger partial charge in [0.1, 0.15) is 0 Å². The van der Waals surface area contributed by atoms with E-state index in [2.05, 4.69) is 142 Å². The molecule has 0 aliphatic heterocycles. The fourth-order valence-electron chi connectivity index (χ4n) is 4.33. The molecule has 0 N–H and O–H groups in total. The van der Waals surface area contributed by atoms with Gasteiger partial charge in [0, 0.05) is 41.7 Å². The van der Waals surface area contributed by atoms with Gasteiger partial charge in [-0.25, -0.2) is 0 Å². The molecule has 0 radical (unpaired) electrons. The van der Waals surface area contributed by atoms with Crippen LogP contribution in [0.15, 0.2) is 126 Å². The normalized spacial score (nSPS) is 11.2. The second-order valence-electron chi connectivity index (χ2n) is 8.01. The van der Waals surface area contributed by atoms with E-state index >= 15 is 0 Å². The number of benzene rings is 5. The molecule has 0 aliphatic carbocycles. The molecule has 0 spiro atoms. The van der Waals surface area contributed by atoms with Gasteiger partial charge in [-0.1, -0.05) is 76.6 Å². The Kier molecular flexibility index (Phi) is 5.21. The summed E-state index contributed by atoms with van der Waals surface area (Å²) in [7, 11) is 0. The lowest BCUT2D eigenvalue weighted by molar-refractivity contribution is 1.29. The summed E-state index contributed by atoms with van der Waals surface area (Å²) in [5, 5.41) is 2.60. The molecule has 1 aromatic heterocycles. The van der Waals surface area contributed by atoms with Crippen molar-refractivity contribution < 1.29 is 0 Å². The maximum atomic E-state index is 3.53. The molecule has 6 rings (SSSR count). The van der Waals surface area contributed by atoms with Crippen LogP contribution in [0.1, 0.15) is 0 Å². The van der Waals surface area contributed by atoms with Gasteiger partial charge in [-0.05, 0) is 71.8 Å². The van der Waals surface area contributed by atoms with Crippen molar-refractivity contribution in [1.29, 1.82) is 0 Å². The smallest absolute Gasteiger partial charge is 0.0468 e.